The van der Waals surface area contributed by atoms with Gasteiger partial charge in [0.15, 0.2) is 5.76 Å². The van der Waals surface area contributed by atoms with Gasteiger partial charge in [-0.3, -0.25) is 0 Å². The Kier molecular flexibility index (Phi) is 4.16. The van der Waals surface area contributed by atoms with Crippen LogP contribution in [0.5, 0.6) is 5.75 Å². The zero-order valence-corrected chi connectivity index (χ0v) is 11.2. The van der Waals surface area contributed by atoms with E-state index in [1.807, 2.05) is 27.0 Å². The van der Waals surface area contributed by atoms with Crippen LogP contribution in [0.15, 0.2) is 28.8 Å². The van der Waals surface area contributed by atoms with Crippen LogP contribution < -0.4 is 10.1 Å². The lowest BCUT2D eigenvalue weighted by Crippen LogP contribution is -2.14. The third-order valence-electron chi connectivity index (χ3n) is 2.92. The Morgan fingerprint density at radius 1 is 1.42 bits per heavy atom. The minimum absolute atomic E-state index is 0.00200. The summed E-state index contributed by atoms with van der Waals surface area (Å²) in [6.45, 7) is 4.07. The van der Waals surface area contributed by atoms with E-state index in [1.54, 1.807) is 6.07 Å². The highest BCUT2D eigenvalue weighted by molar-refractivity contribution is 5.36. The number of ether oxygens (including phenoxy) is 1. The second-order valence-electron chi connectivity index (χ2n) is 4.42. The van der Waals surface area contributed by atoms with Crippen LogP contribution in [-0.2, 0) is 6.61 Å². The normalized spacial score (nSPS) is 12.4. The van der Waals surface area contributed by atoms with Crippen molar-refractivity contribution >= 4 is 0 Å². The quantitative estimate of drug-likeness (QED) is 0.901. The van der Waals surface area contributed by atoms with Gasteiger partial charge in [-0.1, -0.05) is 5.16 Å². The maximum Gasteiger partial charge on any atom is 0.174 e. The minimum Gasteiger partial charge on any atom is -0.485 e. The Morgan fingerprint density at radius 3 is 2.84 bits per heavy atom. The van der Waals surface area contributed by atoms with E-state index in [2.05, 4.69) is 10.5 Å². The average molecular weight is 264 g/mol. The molecule has 2 aromatic rings. The van der Waals surface area contributed by atoms with Crippen LogP contribution in [0.25, 0.3) is 0 Å². The molecule has 0 fully saturated rings. The van der Waals surface area contributed by atoms with Crippen molar-refractivity contribution in [1.29, 1.82) is 0 Å². The van der Waals surface area contributed by atoms with Gasteiger partial charge in [-0.15, -0.1) is 0 Å². The van der Waals surface area contributed by atoms with Crippen molar-refractivity contribution in [2.45, 2.75) is 26.5 Å². The number of aromatic nitrogens is 1. The van der Waals surface area contributed by atoms with Crippen molar-refractivity contribution in [3.8, 4) is 5.75 Å². The number of hydrogen-bond acceptors (Lipinski definition) is 4. The fourth-order valence-electron chi connectivity index (χ4n) is 1.78. The summed E-state index contributed by atoms with van der Waals surface area (Å²) in [6, 6.07) is 6.30. The van der Waals surface area contributed by atoms with Crippen molar-refractivity contribution < 1.29 is 13.7 Å². The molecule has 0 saturated heterocycles. The number of hydrogen-bond donors (Lipinski definition) is 1. The van der Waals surface area contributed by atoms with Crippen molar-refractivity contribution in [2.75, 3.05) is 7.05 Å². The molecule has 0 spiro atoms. The molecule has 0 amide bonds. The van der Waals surface area contributed by atoms with E-state index in [9.17, 15) is 4.39 Å². The Balaban J connectivity index is 2.15. The monoisotopic (exact) mass is 264 g/mol. The molecule has 5 heteroatoms. The first kappa shape index (κ1) is 13.5. The van der Waals surface area contributed by atoms with Gasteiger partial charge in [0.05, 0.1) is 5.69 Å². The van der Waals surface area contributed by atoms with Gasteiger partial charge >= 0.3 is 0 Å². The van der Waals surface area contributed by atoms with Crippen LogP contribution in [0, 0.1) is 12.7 Å². The minimum atomic E-state index is -0.278. The Labute approximate surface area is 111 Å². The molecular formula is C14H17FN2O2. The molecule has 1 atom stereocenters. The lowest BCUT2D eigenvalue weighted by atomic mass is 10.1. The van der Waals surface area contributed by atoms with Crippen LogP contribution in [0.1, 0.15) is 30.0 Å². The summed E-state index contributed by atoms with van der Waals surface area (Å²) in [5.41, 5.74) is 1.58. The molecule has 4 nitrogen and oxygen atoms in total. The third-order valence-corrected chi connectivity index (χ3v) is 2.92. The molecule has 0 aliphatic heterocycles. The molecule has 0 saturated carbocycles. The molecule has 19 heavy (non-hydrogen) atoms. The molecular weight excluding hydrogens is 247 g/mol. The third kappa shape index (κ3) is 3.32. The molecule has 0 bridgehead atoms. The second kappa shape index (κ2) is 5.84. The maximum absolute atomic E-state index is 13.3. The zero-order valence-electron chi connectivity index (χ0n) is 11.2. The van der Waals surface area contributed by atoms with Crippen LogP contribution >= 0.6 is 0 Å². The molecule has 1 N–H and O–H groups in total. The lowest BCUT2D eigenvalue weighted by molar-refractivity contribution is 0.245. The van der Waals surface area contributed by atoms with Crippen molar-refractivity contribution in [3.05, 3.63) is 47.1 Å². The van der Waals surface area contributed by atoms with Gasteiger partial charge in [0.1, 0.15) is 18.2 Å². The first-order valence-electron chi connectivity index (χ1n) is 6.12. The molecule has 0 aliphatic carbocycles. The molecule has 1 aromatic carbocycles. The Hall–Kier alpha value is -1.88. The van der Waals surface area contributed by atoms with Crippen LogP contribution in [-0.4, -0.2) is 12.2 Å². The molecule has 0 radical (unpaired) electrons. The first-order chi connectivity index (χ1) is 9.10. The number of nitrogens with one attached hydrogen (secondary N) is 1. The zero-order chi connectivity index (χ0) is 13.8. The Bertz CT molecular complexity index is 554. The summed E-state index contributed by atoms with van der Waals surface area (Å²) < 4.78 is 24.0. The van der Waals surface area contributed by atoms with Gasteiger partial charge in [-0.2, -0.15) is 0 Å². The van der Waals surface area contributed by atoms with E-state index in [1.165, 1.54) is 12.1 Å². The van der Waals surface area contributed by atoms with E-state index < -0.39 is 0 Å². The standard InChI is InChI=1S/C14H17FN2O2/c1-9-6-12(19-17-9)8-18-14-5-4-11(15)7-13(14)10(2)16-3/h4-7,10,16H,8H2,1-3H3. The molecule has 1 unspecified atom stereocenters. The molecule has 0 aliphatic rings. The topological polar surface area (TPSA) is 47.3 Å². The highest BCUT2D eigenvalue weighted by atomic mass is 19.1. The molecule has 102 valence electrons. The van der Waals surface area contributed by atoms with Crippen molar-refractivity contribution in [1.82, 2.24) is 10.5 Å². The van der Waals surface area contributed by atoms with E-state index >= 15 is 0 Å². The summed E-state index contributed by atoms with van der Waals surface area (Å²) >= 11 is 0. The number of aryl methyl sites for hydroxylation is 1. The lowest BCUT2D eigenvalue weighted by Gasteiger charge is -2.16. The molecule has 1 aromatic heterocycles. The Morgan fingerprint density at radius 2 is 2.21 bits per heavy atom. The van der Waals surface area contributed by atoms with E-state index in [0.717, 1.165) is 11.3 Å². The number of halogens is 1. The summed E-state index contributed by atoms with van der Waals surface area (Å²) in [7, 11) is 1.82. The van der Waals surface area contributed by atoms with Gasteiger partial charge < -0.3 is 14.6 Å². The fraction of sp³-hybridized carbons (Fsp3) is 0.357. The van der Waals surface area contributed by atoms with Crippen LogP contribution in [0.2, 0.25) is 0 Å². The number of nitrogens with zero attached hydrogens (tertiary/aromatic N) is 1. The largest absolute Gasteiger partial charge is 0.485 e. The van der Waals surface area contributed by atoms with Gasteiger partial charge in [0.25, 0.3) is 0 Å². The highest BCUT2D eigenvalue weighted by Gasteiger charge is 2.12. The van der Waals surface area contributed by atoms with Crippen molar-refractivity contribution in [2.24, 2.45) is 0 Å². The summed E-state index contributed by atoms with van der Waals surface area (Å²) in [5.74, 6) is 1.00. The van der Waals surface area contributed by atoms with Gasteiger partial charge in [0.2, 0.25) is 0 Å². The average Bonchev–Trinajstić information content (AvgIpc) is 2.82. The van der Waals surface area contributed by atoms with E-state index in [0.29, 0.717) is 11.5 Å². The molecule has 1 heterocycles. The SMILES string of the molecule is CNC(C)c1cc(F)ccc1OCc1cc(C)no1. The van der Waals surface area contributed by atoms with Crippen LogP contribution in [0.4, 0.5) is 4.39 Å². The smallest absolute Gasteiger partial charge is 0.174 e. The predicted molar refractivity (Wildman–Crippen MR) is 69.4 cm³/mol. The number of benzene rings is 1. The van der Waals surface area contributed by atoms with Crippen LogP contribution in [0.3, 0.4) is 0 Å². The second-order valence-corrected chi connectivity index (χ2v) is 4.42. The van der Waals surface area contributed by atoms with Crippen molar-refractivity contribution in [3.63, 3.8) is 0 Å². The van der Waals surface area contributed by atoms with Gasteiger partial charge in [0, 0.05) is 17.7 Å². The fourth-order valence-corrected chi connectivity index (χ4v) is 1.78. The van der Waals surface area contributed by atoms with Gasteiger partial charge in [-0.25, -0.2) is 4.39 Å². The number of rotatable bonds is 5. The highest BCUT2D eigenvalue weighted by Crippen LogP contribution is 2.26. The summed E-state index contributed by atoms with van der Waals surface area (Å²) in [4.78, 5) is 0. The van der Waals surface area contributed by atoms with E-state index in [4.69, 9.17) is 9.26 Å². The first-order valence-corrected chi connectivity index (χ1v) is 6.12. The van der Waals surface area contributed by atoms with Gasteiger partial charge in [-0.05, 0) is 39.1 Å². The predicted octanol–water partition coefficient (Wildman–Crippen LogP) is 2.98. The summed E-state index contributed by atoms with van der Waals surface area (Å²) in [5, 5.41) is 6.86. The maximum atomic E-state index is 13.3. The molecule has 2 rings (SSSR count). The summed E-state index contributed by atoms with van der Waals surface area (Å²) in [6.07, 6.45) is 0. The van der Waals surface area contributed by atoms with E-state index in [-0.39, 0.29) is 18.5 Å².